The van der Waals surface area contributed by atoms with Crippen LogP contribution in [0.5, 0.6) is 11.5 Å². The van der Waals surface area contributed by atoms with E-state index in [0.717, 1.165) is 19.3 Å². The van der Waals surface area contributed by atoms with Crippen molar-refractivity contribution in [2.24, 2.45) is 5.73 Å². The smallest absolute Gasteiger partial charge is 0.256 e. The second kappa shape index (κ2) is 10.4. The zero-order chi connectivity index (χ0) is 17.5. The molecule has 0 atom stereocenters. The van der Waals surface area contributed by atoms with Crippen molar-refractivity contribution in [2.75, 3.05) is 40.5 Å². The van der Waals surface area contributed by atoms with Gasteiger partial charge in [-0.1, -0.05) is 0 Å². The minimum Gasteiger partial charge on any atom is -0.493 e. The fourth-order valence-electron chi connectivity index (χ4n) is 2.75. The summed E-state index contributed by atoms with van der Waals surface area (Å²) in [6.45, 7) is 2.33. The highest BCUT2D eigenvalue weighted by Gasteiger charge is 2.26. The van der Waals surface area contributed by atoms with Crippen molar-refractivity contribution in [2.45, 2.75) is 25.4 Å². The van der Waals surface area contributed by atoms with Crippen molar-refractivity contribution in [3.8, 4) is 11.5 Å². The second-order valence-corrected chi connectivity index (χ2v) is 5.69. The Kier molecular flexibility index (Phi) is 8.96. The maximum atomic E-state index is 14.2. The van der Waals surface area contributed by atoms with Gasteiger partial charge in [-0.3, -0.25) is 4.79 Å². The van der Waals surface area contributed by atoms with Crippen LogP contribution in [0.2, 0.25) is 0 Å². The molecule has 0 unspecified atom stereocenters. The Bertz CT molecular complexity index is 566. The van der Waals surface area contributed by atoms with Crippen LogP contribution >= 0.6 is 12.4 Å². The van der Waals surface area contributed by atoms with Gasteiger partial charge in [0.05, 0.1) is 25.9 Å². The number of nitrogens with two attached hydrogens (primary N) is 1. The normalized spacial score (nSPS) is 14.8. The summed E-state index contributed by atoms with van der Waals surface area (Å²) >= 11 is 0. The Labute approximate surface area is 153 Å². The Balaban J connectivity index is 0.00000312. The van der Waals surface area contributed by atoms with Crippen molar-refractivity contribution in [1.82, 2.24) is 4.90 Å². The van der Waals surface area contributed by atoms with E-state index in [1.54, 1.807) is 4.90 Å². The fraction of sp³-hybridized carbons (Fsp3) is 0.588. The first kappa shape index (κ1) is 21.5. The molecule has 0 aromatic heterocycles. The number of rotatable bonds is 7. The van der Waals surface area contributed by atoms with Crippen LogP contribution in [-0.2, 0) is 4.74 Å². The molecule has 1 aliphatic rings. The topological polar surface area (TPSA) is 74.0 Å². The number of likely N-dealkylation sites (tertiary alicyclic amines) is 1. The lowest BCUT2D eigenvalue weighted by Gasteiger charge is -2.32. The number of hydrogen-bond donors (Lipinski definition) is 1. The first-order chi connectivity index (χ1) is 11.6. The van der Waals surface area contributed by atoms with Gasteiger partial charge >= 0.3 is 0 Å². The van der Waals surface area contributed by atoms with E-state index in [1.807, 2.05) is 0 Å². The zero-order valence-corrected chi connectivity index (χ0v) is 15.4. The average molecular weight is 377 g/mol. The SMILES string of the molecule is COc1cc(F)c(C(=O)N2CCC(OCCCN)CC2)cc1OC.Cl. The third-order valence-electron chi connectivity index (χ3n) is 4.13. The quantitative estimate of drug-likeness (QED) is 0.739. The molecule has 1 heterocycles. The van der Waals surface area contributed by atoms with E-state index >= 15 is 0 Å². The molecule has 1 amide bonds. The number of hydrogen-bond acceptors (Lipinski definition) is 5. The molecule has 8 heteroatoms. The Morgan fingerprint density at radius 2 is 1.84 bits per heavy atom. The van der Waals surface area contributed by atoms with Crippen molar-refractivity contribution in [3.63, 3.8) is 0 Å². The van der Waals surface area contributed by atoms with Crippen molar-refractivity contribution in [1.29, 1.82) is 0 Å². The molecule has 0 aliphatic carbocycles. The van der Waals surface area contributed by atoms with E-state index in [1.165, 1.54) is 26.4 Å². The van der Waals surface area contributed by atoms with Gasteiger partial charge in [-0.25, -0.2) is 4.39 Å². The Hall–Kier alpha value is -1.57. The van der Waals surface area contributed by atoms with Crippen LogP contribution in [0.15, 0.2) is 12.1 Å². The highest BCUT2D eigenvalue weighted by Crippen LogP contribution is 2.30. The molecule has 0 saturated carbocycles. The summed E-state index contributed by atoms with van der Waals surface area (Å²) in [5, 5.41) is 0. The van der Waals surface area contributed by atoms with E-state index in [-0.39, 0.29) is 35.7 Å². The molecule has 2 rings (SSSR count). The summed E-state index contributed by atoms with van der Waals surface area (Å²) in [5.74, 6) is -0.353. The number of ether oxygens (including phenoxy) is 3. The molecular weight excluding hydrogens is 351 g/mol. The number of halogens is 2. The number of benzene rings is 1. The van der Waals surface area contributed by atoms with Crippen LogP contribution in [-0.4, -0.2) is 57.4 Å². The Morgan fingerprint density at radius 1 is 1.24 bits per heavy atom. The molecule has 0 spiro atoms. The summed E-state index contributed by atoms with van der Waals surface area (Å²) in [7, 11) is 2.88. The fourth-order valence-corrected chi connectivity index (χ4v) is 2.75. The first-order valence-electron chi connectivity index (χ1n) is 8.13. The van der Waals surface area contributed by atoms with Crippen molar-refractivity contribution >= 4 is 18.3 Å². The lowest BCUT2D eigenvalue weighted by atomic mass is 10.1. The number of piperidine rings is 1. The summed E-state index contributed by atoms with van der Waals surface area (Å²) in [6, 6.07) is 2.56. The predicted molar refractivity (Wildman–Crippen MR) is 95.3 cm³/mol. The average Bonchev–Trinajstić information content (AvgIpc) is 2.61. The minimum absolute atomic E-state index is 0. The minimum atomic E-state index is -0.612. The van der Waals surface area contributed by atoms with Gasteiger partial charge in [-0.05, 0) is 31.9 Å². The molecule has 25 heavy (non-hydrogen) atoms. The highest BCUT2D eigenvalue weighted by atomic mass is 35.5. The van der Waals surface area contributed by atoms with Crippen LogP contribution < -0.4 is 15.2 Å². The molecule has 142 valence electrons. The molecule has 2 N–H and O–H groups in total. The van der Waals surface area contributed by atoms with Gasteiger partial charge in [-0.15, -0.1) is 12.4 Å². The molecule has 1 aromatic rings. The van der Waals surface area contributed by atoms with Gasteiger partial charge in [0.2, 0.25) is 0 Å². The van der Waals surface area contributed by atoms with E-state index in [9.17, 15) is 9.18 Å². The van der Waals surface area contributed by atoms with Gasteiger partial charge in [0.15, 0.2) is 11.5 Å². The number of carbonyl (C=O) groups excluding carboxylic acids is 1. The van der Waals surface area contributed by atoms with Gasteiger partial charge in [-0.2, -0.15) is 0 Å². The molecule has 1 saturated heterocycles. The molecular formula is C17H26ClFN2O4. The van der Waals surface area contributed by atoms with Gasteiger partial charge in [0.25, 0.3) is 5.91 Å². The third-order valence-corrected chi connectivity index (χ3v) is 4.13. The lowest BCUT2D eigenvalue weighted by molar-refractivity contribution is 0.00832. The number of amides is 1. The molecule has 1 fully saturated rings. The maximum absolute atomic E-state index is 14.2. The molecule has 0 radical (unpaired) electrons. The summed E-state index contributed by atoms with van der Waals surface area (Å²) in [5.41, 5.74) is 5.44. The van der Waals surface area contributed by atoms with Crippen molar-refractivity contribution < 1.29 is 23.4 Å². The third kappa shape index (κ3) is 5.45. The van der Waals surface area contributed by atoms with Gasteiger partial charge < -0.3 is 24.8 Å². The second-order valence-electron chi connectivity index (χ2n) is 5.69. The van der Waals surface area contributed by atoms with E-state index in [0.29, 0.717) is 32.0 Å². The zero-order valence-electron chi connectivity index (χ0n) is 14.6. The van der Waals surface area contributed by atoms with Crippen molar-refractivity contribution in [3.05, 3.63) is 23.5 Å². The number of carbonyl (C=O) groups is 1. The predicted octanol–water partition coefficient (Wildman–Crippen LogP) is 2.23. The van der Waals surface area contributed by atoms with Crippen LogP contribution in [0, 0.1) is 5.82 Å². The summed E-state index contributed by atoms with van der Waals surface area (Å²) in [6.07, 6.45) is 2.45. The Morgan fingerprint density at radius 3 is 2.40 bits per heavy atom. The lowest BCUT2D eigenvalue weighted by Crippen LogP contribution is -2.41. The number of nitrogens with zero attached hydrogens (tertiary/aromatic N) is 1. The van der Waals surface area contributed by atoms with E-state index in [4.69, 9.17) is 19.9 Å². The van der Waals surface area contributed by atoms with Crippen LogP contribution in [0.25, 0.3) is 0 Å². The molecule has 6 nitrogen and oxygen atoms in total. The van der Waals surface area contributed by atoms with Gasteiger partial charge in [0, 0.05) is 25.8 Å². The maximum Gasteiger partial charge on any atom is 0.256 e. The number of methoxy groups -OCH3 is 2. The molecule has 1 aromatic carbocycles. The molecule has 1 aliphatic heterocycles. The van der Waals surface area contributed by atoms with Crippen LogP contribution in [0.4, 0.5) is 4.39 Å². The largest absolute Gasteiger partial charge is 0.493 e. The van der Waals surface area contributed by atoms with Crippen LogP contribution in [0.3, 0.4) is 0 Å². The monoisotopic (exact) mass is 376 g/mol. The molecule has 0 bridgehead atoms. The van der Waals surface area contributed by atoms with E-state index in [2.05, 4.69) is 0 Å². The summed E-state index contributed by atoms with van der Waals surface area (Å²) < 4.78 is 30.1. The van der Waals surface area contributed by atoms with Gasteiger partial charge in [0.1, 0.15) is 5.82 Å². The standard InChI is InChI=1S/C17H25FN2O4.ClH/c1-22-15-10-13(14(18)11-16(15)23-2)17(21)20-7-4-12(5-8-20)24-9-3-6-19;/h10-12H,3-9,19H2,1-2H3;1H. The summed E-state index contributed by atoms with van der Waals surface area (Å²) in [4.78, 5) is 14.2. The highest BCUT2D eigenvalue weighted by molar-refractivity contribution is 5.95. The first-order valence-corrected chi connectivity index (χ1v) is 8.13. The van der Waals surface area contributed by atoms with E-state index < -0.39 is 5.82 Å². The van der Waals surface area contributed by atoms with Crippen LogP contribution in [0.1, 0.15) is 29.6 Å².